The van der Waals surface area contributed by atoms with Crippen LogP contribution in [-0.2, 0) is 11.3 Å². The monoisotopic (exact) mass is 316 g/mol. The molecule has 0 unspecified atom stereocenters. The predicted molar refractivity (Wildman–Crippen MR) is 85.8 cm³/mol. The Morgan fingerprint density at radius 1 is 1.30 bits per heavy atom. The van der Waals surface area contributed by atoms with Gasteiger partial charge in [-0.25, -0.2) is 9.48 Å². The molecule has 6 heteroatoms. The molecule has 0 atom stereocenters. The molecule has 0 aliphatic rings. The zero-order chi connectivity index (χ0) is 17.0. The lowest BCUT2D eigenvalue weighted by Crippen LogP contribution is -2.31. The number of nitrogens with zero attached hydrogens (tertiary/aromatic N) is 2. The van der Waals surface area contributed by atoms with Crippen molar-refractivity contribution >= 4 is 5.97 Å². The Morgan fingerprint density at radius 3 is 2.52 bits per heavy atom. The van der Waals surface area contributed by atoms with Crippen LogP contribution in [0, 0.1) is 0 Å². The summed E-state index contributed by atoms with van der Waals surface area (Å²) < 4.78 is 6.08. The van der Waals surface area contributed by atoms with Crippen LogP contribution in [0.25, 0.3) is 0 Å². The number of esters is 1. The fourth-order valence-electron chi connectivity index (χ4n) is 2.22. The minimum atomic E-state index is -0.832. The van der Waals surface area contributed by atoms with E-state index in [2.05, 4.69) is 5.10 Å². The van der Waals surface area contributed by atoms with Crippen LogP contribution in [0.2, 0.25) is 0 Å². The number of carbonyl (C=O) groups excluding carboxylic acids is 1. The zero-order valence-corrected chi connectivity index (χ0v) is 13.4. The zero-order valence-electron chi connectivity index (χ0n) is 13.4. The molecule has 1 N–H and O–H groups in total. The van der Waals surface area contributed by atoms with E-state index in [1.54, 1.807) is 6.92 Å². The highest BCUT2D eigenvalue weighted by Crippen LogP contribution is 2.25. The molecule has 0 bridgehead atoms. The molecule has 0 amide bonds. The second-order valence-electron chi connectivity index (χ2n) is 5.43. The van der Waals surface area contributed by atoms with Gasteiger partial charge in [-0.1, -0.05) is 44.2 Å². The summed E-state index contributed by atoms with van der Waals surface area (Å²) in [7, 11) is 0. The van der Waals surface area contributed by atoms with Crippen LogP contribution in [0.5, 0.6) is 5.75 Å². The van der Waals surface area contributed by atoms with Crippen molar-refractivity contribution in [2.45, 2.75) is 33.2 Å². The van der Waals surface area contributed by atoms with Gasteiger partial charge >= 0.3 is 5.97 Å². The average molecular weight is 316 g/mol. The van der Waals surface area contributed by atoms with Crippen molar-refractivity contribution in [2.24, 2.45) is 0 Å². The molecule has 0 saturated carbocycles. The lowest BCUT2D eigenvalue weighted by Gasteiger charge is -2.14. The minimum absolute atomic E-state index is 0.121. The number of hydrogen-bond acceptors (Lipinski definition) is 5. The fraction of sp³-hybridized carbons (Fsp3) is 0.353. The van der Waals surface area contributed by atoms with E-state index in [1.807, 2.05) is 44.2 Å². The highest BCUT2D eigenvalue weighted by molar-refractivity contribution is 5.92. The van der Waals surface area contributed by atoms with Gasteiger partial charge in [0.15, 0.2) is 11.3 Å². The summed E-state index contributed by atoms with van der Waals surface area (Å²) >= 11 is 0. The molecule has 1 heterocycles. The molecule has 23 heavy (non-hydrogen) atoms. The third-order valence-electron chi connectivity index (χ3n) is 3.36. The normalized spacial score (nSPS) is 10.8. The van der Waals surface area contributed by atoms with Crippen LogP contribution in [0.15, 0.2) is 35.1 Å². The van der Waals surface area contributed by atoms with E-state index in [1.165, 1.54) is 4.68 Å². The first-order valence-electron chi connectivity index (χ1n) is 7.50. The standard InChI is InChI=1S/C17H20N2O4/c1-4-23-17(22)13-15(20)14(11(2)3)18-19(16(13)21)10-12-8-6-5-7-9-12/h5-9,11,20H,4,10H2,1-3H3. The van der Waals surface area contributed by atoms with Crippen LogP contribution in [0.4, 0.5) is 0 Å². The molecule has 6 nitrogen and oxygen atoms in total. The van der Waals surface area contributed by atoms with E-state index in [9.17, 15) is 14.7 Å². The summed E-state index contributed by atoms with van der Waals surface area (Å²) in [6.07, 6.45) is 0. The number of rotatable bonds is 5. The summed E-state index contributed by atoms with van der Waals surface area (Å²) in [5, 5.41) is 14.5. The maximum atomic E-state index is 12.5. The van der Waals surface area contributed by atoms with Crippen LogP contribution >= 0.6 is 0 Å². The van der Waals surface area contributed by atoms with E-state index in [-0.39, 0.29) is 24.6 Å². The van der Waals surface area contributed by atoms with E-state index in [0.717, 1.165) is 5.56 Å². The largest absolute Gasteiger partial charge is 0.505 e. The van der Waals surface area contributed by atoms with Gasteiger partial charge in [-0.05, 0) is 12.5 Å². The summed E-state index contributed by atoms with van der Waals surface area (Å²) in [5.74, 6) is -1.38. The molecule has 2 aromatic rings. The van der Waals surface area contributed by atoms with Gasteiger partial charge in [-0.2, -0.15) is 5.10 Å². The Bertz CT molecular complexity index is 751. The van der Waals surface area contributed by atoms with Crippen LogP contribution < -0.4 is 5.56 Å². The molecule has 0 saturated heterocycles. The SMILES string of the molecule is CCOC(=O)c1c(O)c(C(C)C)nn(Cc2ccccc2)c1=O. The smallest absolute Gasteiger partial charge is 0.347 e. The van der Waals surface area contributed by atoms with Gasteiger partial charge in [0.2, 0.25) is 0 Å². The highest BCUT2D eigenvalue weighted by Gasteiger charge is 2.25. The first kappa shape index (κ1) is 16.7. The number of aromatic nitrogens is 2. The van der Waals surface area contributed by atoms with Crippen LogP contribution in [0.1, 0.15) is 48.3 Å². The molecule has 0 fully saturated rings. The minimum Gasteiger partial charge on any atom is -0.505 e. The van der Waals surface area contributed by atoms with Gasteiger partial charge in [0, 0.05) is 5.92 Å². The Hall–Kier alpha value is -2.63. The molecule has 0 radical (unpaired) electrons. The number of ether oxygens (including phenoxy) is 1. The van der Waals surface area contributed by atoms with Crippen molar-refractivity contribution in [2.75, 3.05) is 6.61 Å². The van der Waals surface area contributed by atoms with Gasteiger partial charge < -0.3 is 9.84 Å². The number of carbonyl (C=O) groups is 1. The quantitative estimate of drug-likeness (QED) is 0.856. The second-order valence-corrected chi connectivity index (χ2v) is 5.43. The molecule has 1 aromatic carbocycles. The Balaban J connectivity index is 2.58. The van der Waals surface area contributed by atoms with Crippen LogP contribution in [0.3, 0.4) is 0 Å². The van der Waals surface area contributed by atoms with Gasteiger partial charge in [0.25, 0.3) is 5.56 Å². The van der Waals surface area contributed by atoms with Crippen molar-refractivity contribution in [3.63, 3.8) is 0 Å². The molecule has 0 aliphatic heterocycles. The van der Waals surface area contributed by atoms with Gasteiger partial charge in [-0.15, -0.1) is 0 Å². The third kappa shape index (κ3) is 3.59. The molecule has 0 aliphatic carbocycles. The fourth-order valence-corrected chi connectivity index (χ4v) is 2.22. The van der Waals surface area contributed by atoms with Crippen LogP contribution in [-0.4, -0.2) is 27.5 Å². The maximum absolute atomic E-state index is 12.5. The molecule has 1 aromatic heterocycles. The van der Waals surface area contributed by atoms with Gasteiger partial charge in [0.05, 0.1) is 13.2 Å². The molecule has 2 rings (SSSR count). The average Bonchev–Trinajstić information content (AvgIpc) is 2.51. The molecule has 0 spiro atoms. The summed E-state index contributed by atoms with van der Waals surface area (Å²) in [6, 6.07) is 9.31. The first-order valence-corrected chi connectivity index (χ1v) is 7.50. The second kappa shape index (κ2) is 7.09. The van der Waals surface area contributed by atoms with E-state index in [0.29, 0.717) is 5.69 Å². The number of aromatic hydroxyl groups is 1. The lowest BCUT2D eigenvalue weighted by molar-refractivity contribution is 0.0519. The highest BCUT2D eigenvalue weighted by atomic mass is 16.5. The molecular formula is C17H20N2O4. The van der Waals surface area contributed by atoms with E-state index >= 15 is 0 Å². The van der Waals surface area contributed by atoms with Crippen molar-refractivity contribution in [3.8, 4) is 5.75 Å². The van der Waals surface area contributed by atoms with E-state index in [4.69, 9.17) is 4.74 Å². The summed E-state index contributed by atoms with van der Waals surface area (Å²) in [6.45, 7) is 5.63. The Labute approximate surface area is 134 Å². The number of benzene rings is 1. The van der Waals surface area contributed by atoms with E-state index < -0.39 is 17.3 Å². The molecule has 122 valence electrons. The maximum Gasteiger partial charge on any atom is 0.347 e. The van der Waals surface area contributed by atoms with Crippen molar-refractivity contribution in [1.82, 2.24) is 9.78 Å². The Kier molecular flexibility index (Phi) is 5.16. The third-order valence-corrected chi connectivity index (χ3v) is 3.36. The van der Waals surface area contributed by atoms with Crippen molar-refractivity contribution < 1.29 is 14.6 Å². The van der Waals surface area contributed by atoms with Crippen molar-refractivity contribution in [3.05, 3.63) is 57.5 Å². The summed E-state index contributed by atoms with van der Waals surface area (Å²) in [5.41, 5.74) is 0.150. The Morgan fingerprint density at radius 2 is 1.96 bits per heavy atom. The predicted octanol–water partition coefficient (Wildman–Crippen LogP) is 2.30. The lowest BCUT2D eigenvalue weighted by atomic mass is 10.1. The number of hydrogen-bond donors (Lipinski definition) is 1. The van der Waals surface area contributed by atoms with Gasteiger partial charge in [0.1, 0.15) is 5.69 Å². The first-order chi connectivity index (χ1) is 11.0. The van der Waals surface area contributed by atoms with Crippen molar-refractivity contribution in [1.29, 1.82) is 0 Å². The topological polar surface area (TPSA) is 81.4 Å². The summed E-state index contributed by atoms with van der Waals surface area (Å²) in [4.78, 5) is 24.6. The molecular weight excluding hydrogens is 296 g/mol. The van der Waals surface area contributed by atoms with Gasteiger partial charge in [-0.3, -0.25) is 4.79 Å².